The van der Waals surface area contributed by atoms with Crippen LogP contribution in [0.25, 0.3) is 0 Å². The lowest BCUT2D eigenvalue weighted by Crippen LogP contribution is -2.50. The van der Waals surface area contributed by atoms with Crippen molar-refractivity contribution < 1.29 is 13.5 Å². The summed E-state index contributed by atoms with van der Waals surface area (Å²) in [5.41, 5.74) is -0.188. The van der Waals surface area contributed by atoms with Gasteiger partial charge in [-0.05, 0) is 20.8 Å². The monoisotopic (exact) mass is 191 g/mol. The highest BCUT2D eigenvalue weighted by molar-refractivity contribution is 5.08. The quantitative estimate of drug-likeness (QED) is 0.575. The molecule has 0 radical (unpaired) electrons. The molecule has 2 saturated heterocycles. The summed E-state index contributed by atoms with van der Waals surface area (Å²) in [5, 5.41) is 0. The fourth-order valence-electron chi connectivity index (χ4n) is 2.16. The number of rotatable bonds is 0. The number of halogens is 2. The Balaban J connectivity index is 2.23. The lowest BCUT2D eigenvalue weighted by molar-refractivity contribution is -0.0482. The van der Waals surface area contributed by atoms with E-state index in [0.717, 1.165) is 0 Å². The molecule has 0 saturated carbocycles. The molecular weight excluding hydrogens is 176 g/mol. The van der Waals surface area contributed by atoms with Crippen LogP contribution in [-0.4, -0.2) is 41.7 Å². The van der Waals surface area contributed by atoms with Gasteiger partial charge in [0.25, 0.3) is 5.92 Å². The van der Waals surface area contributed by atoms with Crippen molar-refractivity contribution >= 4 is 0 Å². The van der Waals surface area contributed by atoms with Gasteiger partial charge in [-0.1, -0.05) is 0 Å². The minimum atomic E-state index is -2.65. The van der Waals surface area contributed by atoms with Crippen LogP contribution in [0, 0.1) is 0 Å². The molecule has 0 amide bonds. The van der Waals surface area contributed by atoms with Crippen LogP contribution in [0.5, 0.6) is 0 Å². The van der Waals surface area contributed by atoms with Crippen LogP contribution >= 0.6 is 0 Å². The Hall–Kier alpha value is -0.220. The van der Waals surface area contributed by atoms with Gasteiger partial charge >= 0.3 is 0 Å². The molecule has 0 N–H and O–H groups in total. The van der Waals surface area contributed by atoms with Crippen LogP contribution < -0.4 is 0 Å². The topological polar surface area (TPSA) is 12.5 Å². The van der Waals surface area contributed by atoms with Crippen molar-refractivity contribution in [1.82, 2.24) is 4.90 Å². The molecule has 2 fully saturated rings. The lowest BCUT2D eigenvalue weighted by atomic mass is 10.0. The minimum Gasteiger partial charge on any atom is -0.369 e. The smallest absolute Gasteiger partial charge is 0.292 e. The highest BCUT2D eigenvalue weighted by atomic mass is 19.3. The Kier molecular flexibility index (Phi) is 1.74. The summed E-state index contributed by atoms with van der Waals surface area (Å²) in [7, 11) is 0. The van der Waals surface area contributed by atoms with E-state index in [9.17, 15) is 8.78 Å². The third kappa shape index (κ3) is 1.19. The first-order valence-corrected chi connectivity index (χ1v) is 4.59. The van der Waals surface area contributed by atoms with Gasteiger partial charge in [0, 0.05) is 12.1 Å². The van der Waals surface area contributed by atoms with Crippen molar-refractivity contribution in [2.45, 2.75) is 44.4 Å². The van der Waals surface area contributed by atoms with E-state index in [4.69, 9.17) is 4.74 Å². The molecule has 0 aromatic heterocycles. The normalized spacial score (nSPS) is 38.5. The zero-order chi connectivity index (χ0) is 9.85. The second-order valence-electron chi connectivity index (χ2n) is 4.84. The van der Waals surface area contributed by atoms with Crippen molar-refractivity contribution in [3.05, 3.63) is 0 Å². The zero-order valence-corrected chi connectivity index (χ0v) is 8.18. The van der Waals surface area contributed by atoms with Crippen molar-refractivity contribution in [3.63, 3.8) is 0 Å². The number of morpholine rings is 1. The summed E-state index contributed by atoms with van der Waals surface area (Å²) in [6.45, 7) is 6.42. The Morgan fingerprint density at radius 3 is 2.23 bits per heavy atom. The molecule has 4 heteroatoms. The van der Waals surface area contributed by atoms with Gasteiger partial charge in [0.05, 0.1) is 6.61 Å². The van der Waals surface area contributed by atoms with Gasteiger partial charge < -0.3 is 4.74 Å². The van der Waals surface area contributed by atoms with E-state index in [0.29, 0.717) is 6.54 Å². The van der Waals surface area contributed by atoms with Crippen molar-refractivity contribution in [2.24, 2.45) is 0 Å². The fourth-order valence-corrected chi connectivity index (χ4v) is 2.16. The van der Waals surface area contributed by atoms with Crippen LogP contribution in [0.4, 0.5) is 8.78 Å². The van der Waals surface area contributed by atoms with Gasteiger partial charge in [0.2, 0.25) is 0 Å². The maximum absolute atomic E-state index is 13.4. The SMILES string of the molecule is CC(C)(C)N1CC2OCC1C2(F)F. The molecule has 2 bridgehead atoms. The number of nitrogens with zero attached hydrogens (tertiary/aromatic N) is 1. The summed E-state index contributed by atoms with van der Waals surface area (Å²) < 4.78 is 31.8. The maximum atomic E-state index is 13.4. The van der Waals surface area contributed by atoms with Gasteiger partial charge in [0.15, 0.2) is 0 Å². The molecule has 2 unspecified atom stereocenters. The van der Waals surface area contributed by atoms with Gasteiger partial charge in [-0.2, -0.15) is 0 Å². The number of hydrogen-bond acceptors (Lipinski definition) is 2. The van der Waals surface area contributed by atoms with Crippen LogP contribution in [0.3, 0.4) is 0 Å². The third-order valence-corrected chi connectivity index (χ3v) is 2.93. The van der Waals surface area contributed by atoms with E-state index < -0.39 is 18.1 Å². The number of alkyl halides is 2. The standard InChI is InChI=1S/C9H15F2NO/c1-8(2,3)12-4-7-9(10,11)6(12)5-13-7/h6-7H,4-5H2,1-3H3. The van der Waals surface area contributed by atoms with E-state index >= 15 is 0 Å². The molecule has 2 nitrogen and oxygen atoms in total. The molecular formula is C9H15F2NO. The van der Waals surface area contributed by atoms with Crippen LogP contribution in [0.15, 0.2) is 0 Å². The molecule has 2 aliphatic rings. The maximum Gasteiger partial charge on any atom is 0.292 e. The summed E-state index contributed by atoms with van der Waals surface area (Å²) in [4.78, 5) is 1.85. The van der Waals surface area contributed by atoms with E-state index in [-0.39, 0.29) is 12.1 Å². The molecule has 2 rings (SSSR count). The average molecular weight is 191 g/mol. The first kappa shape index (κ1) is 9.34. The molecule has 0 aromatic rings. The largest absolute Gasteiger partial charge is 0.369 e. The summed E-state index contributed by atoms with van der Waals surface area (Å²) in [6.07, 6.45) is -0.878. The van der Waals surface area contributed by atoms with E-state index in [2.05, 4.69) is 0 Å². The number of fused-ring (bicyclic) bond motifs is 2. The van der Waals surface area contributed by atoms with Gasteiger partial charge in [-0.25, -0.2) is 8.78 Å². The highest BCUT2D eigenvalue weighted by Crippen LogP contribution is 2.44. The fraction of sp³-hybridized carbons (Fsp3) is 1.00. The Bertz CT molecular complexity index is 224. The number of ether oxygens (including phenoxy) is 1. The minimum absolute atomic E-state index is 0.176. The predicted molar refractivity (Wildman–Crippen MR) is 44.9 cm³/mol. The Labute approximate surface area is 76.9 Å². The van der Waals surface area contributed by atoms with E-state index in [1.165, 1.54) is 0 Å². The van der Waals surface area contributed by atoms with Crippen molar-refractivity contribution in [3.8, 4) is 0 Å². The van der Waals surface area contributed by atoms with Gasteiger partial charge in [-0.15, -0.1) is 0 Å². The molecule has 0 aromatic carbocycles. The van der Waals surface area contributed by atoms with Crippen LogP contribution in [-0.2, 0) is 4.74 Å². The first-order valence-electron chi connectivity index (χ1n) is 4.59. The first-order chi connectivity index (χ1) is 5.83. The van der Waals surface area contributed by atoms with E-state index in [1.54, 1.807) is 0 Å². The van der Waals surface area contributed by atoms with E-state index in [1.807, 2.05) is 25.7 Å². The van der Waals surface area contributed by atoms with Crippen molar-refractivity contribution in [2.75, 3.05) is 13.2 Å². The van der Waals surface area contributed by atoms with Gasteiger partial charge in [-0.3, -0.25) is 4.90 Å². The zero-order valence-electron chi connectivity index (χ0n) is 8.18. The lowest BCUT2D eigenvalue weighted by Gasteiger charge is -2.37. The summed E-state index contributed by atoms with van der Waals surface area (Å²) in [6, 6.07) is -0.711. The molecule has 13 heavy (non-hydrogen) atoms. The molecule has 2 heterocycles. The molecule has 2 aliphatic heterocycles. The Morgan fingerprint density at radius 2 is 2.00 bits per heavy atom. The average Bonchev–Trinajstić information content (AvgIpc) is 2.39. The molecule has 0 aliphatic carbocycles. The predicted octanol–water partition coefficient (Wildman–Crippen LogP) is 1.50. The molecule has 76 valence electrons. The van der Waals surface area contributed by atoms with Crippen LogP contribution in [0.2, 0.25) is 0 Å². The Morgan fingerprint density at radius 1 is 1.38 bits per heavy atom. The van der Waals surface area contributed by atoms with Gasteiger partial charge in [0.1, 0.15) is 12.1 Å². The number of hydrogen-bond donors (Lipinski definition) is 0. The van der Waals surface area contributed by atoms with Crippen molar-refractivity contribution in [1.29, 1.82) is 0 Å². The second kappa shape index (κ2) is 2.42. The summed E-state index contributed by atoms with van der Waals surface area (Å²) >= 11 is 0. The number of likely N-dealkylation sites (tertiary alicyclic amines) is 1. The molecule has 2 atom stereocenters. The molecule has 0 spiro atoms. The van der Waals surface area contributed by atoms with Crippen LogP contribution in [0.1, 0.15) is 20.8 Å². The third-order valence-electron chi connectivity index (χ3n) is 2.93. The second-order valence-corrected chi connectivity index (χ2v) is 4.84. The summed E-state index contributed by atoms with van der Waals surface area (Å²) in [5.74, 6) is -2.65. The highest BCUT2D eigenvalue weighted by Gasteiger charge is 2.63.